The Bertz CT molecular complexity index is 336. The summed E-state index contributed by atoms with van der Waals surface area (Å²) in [5, 5.41) is 9.34. The monoisotopic (exact) mass is 200 g/mol. The quantitative estimate of drug-likeness (QED) is 0.638. The summed E-state index contributed by atoms with van der Waals surface area (Å²) >= 11 is 11.5. The summed E-state index contributed by atoms with van der Waals surface area (Å²) in [6, 6.07) is 5.19. The third-order valence-electron chi connectivity index (χ3n) is 1.25. The van der Waals surface area contributed by atoms with Gasteiger partial charge in [0.05, 0.1) is 10.0 Å². The lowest BCUT2D eigenvalue weighted by molar-refractivity contribution is 0.350. The molecule has 0 aliphatic carbocycles. The van der Waals surface area contributed by atoms with Gasteiger partial charge < -0.3 is 5.11 Å². The van der Waals surface area contributed by atoms with Crippen LogP contribution in [-0.2, 0) is 0 Å². The van der Waals surface area contributed by atoms with E-state index < -0.39 is 0 Å². The predicted octanol–water partition coefficient (Wildman–Crippen LogP) is 2.34. The van der Waals surface area contributed by atoms with Crippen molar-refractivity contribution in [2.45, 2.75) is 0 Å². The minimum atomic E-state index is -0.178. The number of aliphatic hydroxyl groups is 1. The molecule has 1 aromatic carbocycles. The van der Waals surface area contributed by atoms with Gasteiger partial charge in [0.25, 0.3) is 0 Å². The molecule has 1 N–H and O–H groups in total. The second-order valence-corrected chi connectivity index (χ2v) is 2.85. The van der Waals surface area contributed by atoms with Gasteiger partial charge in [-0.2, -0.15) is 0 Å². The van der Waals surface area contributed by atoms with Crippen molar-refractivity contribution in [2.75, 3.05) is 6.61 Å². The van der Waals surface area contributed by atoms with Gasteiger partial charge in [-0.25, -0.2) is 0 Å². The van der Waals surface area contributed by atoms with E-state index in [2.05, 4.69) is 11.8 Å². The summed E-state index contributed by atoms with van der Waals surface area (Å²) in [7, 11) is 0. The zero-order chi connectivity index (χ0) is 8.97. The molecule has 1 aromatic rings. The van der Waals surface area contributed by atoms with Crippen molar-refractivity contribution in [3.8, 4) is 11.8 Å². The molecule has 3 heteroatoms. The van der Waals surface area contributed by atoms with Crippen LogP contribution < -0.4 is 0 Å². The topological polar surface area (TPSA) is 20.2 Å². The Kier molecular flexibility index (Phi) is 3.43. The van der Waals surface area contributed by atoms with Crippen LogP contribution >= 0.6 is 23.2 Å². The number of benzene rings is 1. The highest BCUT2D eigenvalue weighted by Crippen LogP contribution is 2.24. The molecule has 0 spiro atoms. The van der Waals surface area contributed by atoms with Crippen molar-refractivity contribution in [3.05, 3.63) is 33.8 Å². The maximum atomic E-state index is 8.44. The molecule has 0 saturated carbocycles. The van der Waals surface area contributed by atoms with Crippen LogP contribution in [0.4, 0.5) is 0 Å². The van der Waals surface area contributed by atoms with Crippen molar-refractivity contribution in [2.24, 2.45) is 0 Å². The van der Waals surface area contributed by atoms with Gasteiger partial charge in [-0.15, -0.1) is 0 Å². The molecule has 62 valence electrons. The Labute approximate surface area is 80.9 Å². The molecular formula is C9H6Cl2O. The van der Waals surface area contributed by atoms with E-state index in [1.54, 1.807) is 18.2 Å². The minimum absolute atomic E-state index is 0.178. The molecule has 0 radical (unpaired) electrons. The molecule has 0 saturated heterocycles. The number of aliphatic hydroxyl groups excluding tert-OH is 1. The van der Waals surface area contributed by atoms with E-state index in [1.807, 2.05) is 0 Å². The molecule has 0 bridgehead atoms. The second kappa shape index (κ2) is 4.37. The van der Waals surface area contributed by atoms with Crippen LogP contribution in [0, 0.1) is 11.8 Å². The zero-order valence-electron chi connectivity index (χ0n) is 6.14. The molecule has 0 atom stereocenters. The lowest BCUT2D eigenvalue weighted by Gasteiger charge is -1.96. The van der Waals surface area contributed by atoms with Crippen LogP contribution in [0.15, 0.2) is 18.2 Å². The second-order valence-electron chi connectivity index (χ2n) is 2.06. The summed E-state index contributed by atoms with van der Waals surface area (Å²) in [6.07, 6.45) is 0. The maximum absolute atomic E-state index is 8.44. The average Bonchev–Trinajstić information content (AvgIpc) is 2.08. The van der Waals surface area contributed by atoms with Gasteiger partial charge in [-0.3, -0.25) is 0 Å². The molecule has 0 aliphatic heterocycles. The molecule has 0 amide bonds. The van der Waals surface area contributed by atoms with Gasteiger partial charge in [0, 0.05) is 5.56 Å². The Morgan fingerprint density at radius 1 is 1.33 bits per heavy atom. The van der Waals surface area contributed by atoms with E-state index in [0.29, 0.717) is 15.6 Å². The Morgan fingerprint density at radius 2 is 2.08 bits per heavy atom. The lowest BCUT2D eigenvalue weighted by Crippen LogP contribution is -1.79. The largest absolute Gasteiger partial charge is 0.384 e. The minimum Gasteiger partial charge on any atom is -0.384 e. The van der Waals surface area contributed by atoms with Crippen molar-refractivity contribution in [1.29, 1.82) is 0 Å². The molecule has 0 aliphatic rings. The van der Waals surface area contributed by atoms with Crippen LogP contribution in [0.5, 0.6) is 0 Å². The molecular weight excluding hydrogens is 195 g/mol. The Balaban J connectivity index is 3.08. The highest BCUT2D eigenvalue weighted by Gasteiger charge is 1.99. The highest BCUT2D eigenvalue weighted by atomic mass is 35.5. The summed E-state index contributed by atoms with van der Waals surface area (Å²) in [5.41, 5.74) is 0.637. The molecule has 0 fully saturated rings. The number of hydrogen-bond acceptors (Lipinski definition) is 1. The zero-order valence-corrected chi connectivity index (χ0v) is 7.65. The standard InChI is InChI=1S/C9H6Cl2O/c10-8-5-1-3-7(9(8)11)4-2-6-12/h1,3,5,12H,6H2. The van der Waals surface area contributed by atoms with E-state index >= 15 is 0 Å². The van der Waals surface area contributed by atoms with Crippen LogP contribution in [0.3, 0.4) is 0 Å². The number of rotatable bonds is 0. The number of halogens is 2. The van der Waals surface area contributed by atoms with Crippen molar-refractivity contribution < 1.29 is 5.11 Å². The van der Waals surface area contributed by atoms with Crippen LogP contribution in [0.2, 0.25) is 10.0 Å². The first-order chi connectivity index (χ1) is 5.75. The van der Waals surface area contributed by atoms with Gasteiger partial charge in [0.15, 0.2) is 0 Å². The van der Waals surface area contributed by atoms with Gasteiger partial charge >= 0.3 is 0 Å². The molecule has 12 heavy (non-hydrogen) atoms. The summed E-state index contributed by atoms with van der Waals surface area (Å²) in [6.45, 7) is -0.178. The van der Waals surface area contributed by atoms with E-state index in [1.165, 1.54) is 0 Å². The fourth-order valence-corrected chi connectivity index (χ4v) is 1.08. The first-order valence-electron chi connectivity index (χ1n) is 3.29. The van der Waals surface area contributed by atoms with E-state index in [-0.39, 0.29) is 6.61 Å². The van der Waals surface area contributed by atoms with Gasteiger partial charge in [0.2, 0.25) is 0 Å². The molecule has 0 heterocycles. The first kappa shape index (κ1) is 9.41. The molecule has 1 nitrogen and oxygen atoms in total. The van der Waals surface area contributed by atoms with Gasteiger partial charge in [-0.1, -0.05) is 41.1 Å². The Morgan fingerprint density at radius 3 is 2.75 bits per heavy atom. The Hall–Kier alpha value is -0.680. The fraction of sp³-hybridized carbons (Fsp3) is 0.111. The number of hydrogen-bond donors (Lipinski definition) is 1. The molecule has 1 rings (SSSR count). The summed E-state index contributed by atoms with van der Waals surface area (Å²) in [4.78, 5) is 0. The normalized spacial score (nSPS) is 8.92. The van der Waals surface area contributed by atoms with E-state index in [9.17, 15) is 0 Å². The third kappa shape index (κ3) is 2.15. The summed E-state index contributed by atoms with van der Waals surface area (Å²) in [5.74, 6) is 5.18. The smallest absolute Gasteiger partial charge is 0.104 e. The third-order valence-corrected chi connectivity index (χ3v) is 2.07. The van der Waals surface area contributed by atoms with Crippen LogP contribution in [0.25, 0.3) is 0 Å². The van der Waals surface area contributed by atoms with E-state index in [4.69, 9.17) is 28.3 Å². The summed E-state index contributed by atoms with van der Waals surface area (Å²) < 4.78 is 0. The van der Waals surface area contributed by atoms with Crippen molar-refractivity contribution in [3.63, 3.8) is 0 Å². The SMILES string of the molecule is OCC#Cc1cccc(Cl)c1Cl. The fourth-order valence-electron chi connectivity index (χ4n) is 0.735. The highest BCUT2D eigenvalue weighted by molar-refractivity contribution is 6.42. The van der Waals surface area contributed by atoms with Crippen molar-refractivity contribution in [1.82, 2.24) is 0 Å². The molecule has 0 aromatic heterocycles. The lowest BCUT2D eigenvalue weighted by atomic mass is 10.2. The predicted molar refractivity (Wildman–Crippen MR) is 50.4 cm³/mol. The van der Waals surface area contributed by atoms with Gasteiger partial charge in [0.1, 0.15) is 6.61 Å². The van der Waals surface area contributed by atoms with Crippen LogP contribution in [-0.4, -0.2) is 11.7 Å². The van der Waals surface area contributed by atoms with Crippen molar-refractivity contribution >= 4 is 23.2 Å². The first-order valence-corrected chi connectivity index (χ1v) is 4.05. The average molecular weight is 201 g/mol. The van der Waals surface area contributed by atoms with Gasteiger partial charge in [-0.05, 0) is 12.1 Å². The van der Waals surface area contributed by atoms with Crippen LogP contribution in [0.1, 0.15) is 5.56 Å². The molecule has 0 unspecified atom stereocenters. The maximum Gasteiger partial charge on any atom is 0.104 e. The van der Waals surface area contributed by atoms with E-state index in [0.717, 1.165) is 0 Å².